The lowest BCUT2D eigenvalue weighted by atomic mass is 10.0. The second-order valence-corrected chi connectivity index (χ2v) is 7.78. The van der Waals surface area contributed by atoms with Gasteiger partial charge in [-0.15, -0.1) is 0 Å². The molecule has 0 N–H and O–H groups in total. The molecule has 0 atom stereocenters. The molecule has 1 aromatic heterocycles. The van der Waals surface area contributed by atoms with Crippen molar-refractivity contribution in [2.75, 3.05) is 0 Å². The van der Waals surface area contributed by atoms with Crippen molar-refractivity contribution in [1.82, 2.24) is 4.57 Å². The monoisotopic (exact) mass is 335 g/mol. The summed E-state index contributed by atoms with van der Waals surface area (Å²) < 4.78 is 4.78. The highest BCUT2D eigenvalue weighted by atomic mass is 15.2. The third-order valence-electron chi connectivity index (χ3n) is 5.26. The summed E-state index contributed by atoms with van der Waals surface area (Å²) in [5, 5.41) is 0. The number of hydrogen-bond donors (Lipinski definition) is 0. The number of aromatic nitrogens is 2. The highest BCUT2D eigenvalue weighted by Gasteiger charge is 2.13. The van der Waals surface area contributed by atoms with Gasteiger partial charge in [-0.3, -0.25) is 0 Å². The molecular formula is C22H43N2+. The molecule has 1 aromatic rings. The predicted octanol–water partition coefficient (Wildman–Crippen LogP) is 6.76. The summed E-state index contributed by atoms with van der Waals surface area (Å²) in [6.07, 6.45) is 23.0. The molecule has 0 unspecified atom stereocenters. The van der Waals surface area contributed by atoms with Crippen molar-refractivity contribution in [3.05, 3.63) is 18.2 Å². The van der Waals surface area contributed by atoms with Crippen molar-refractivity contribution in [2.24, 2.45) is 0 Å². The molecule has 0 aliphatic rings. The van der Waals surface area contributed by atoms with Crippen LogP contribution in [0.4, 0.5) is 0 Å². The van der Waals surface area contributed by atoms with Crippen LogP contribution in [0.2, 0.25) is 0 Å². The number of nitrogens with zero attached hydrogens (tertiary/aromatic N) is 2. The van der Waals surface area contributed by atoms with Gasteiger partial charge in [-0.05, 0) is 26.7 Å². The van der Waals surface area contributed by atoms with Gasteiger partial charge in [0.05, 0.1) is 12.6 Å². The molecule has 24 heavy (non-hydrogen) atoms. The topological polar surface area (TPSA) is 8.81 Å². The van der Waals surface area contributed by atoms with E-state index in [1.54, 1.807) is 0 Å². The van der Waals surface area contributed by atoms with Gasteiger partial charge >= 0.3 is 0 Å². The lowest BCUT2D eigenvalue weighted by Gasteiger charge is -2.04. The summed E-state index contributed by atoms with van der Waals surface area (Å²) in [4.78, 5) is 0. The Bertz CT molecular complexity index is 406. The van der Waals surface area contributed by atoms with Crippen LogP contribution in [0.1, 0.15) is 116 Å². The van der Waals surface area contributed by atoms with E-state index in [0.29, 0.717) is 6.04 Å². The average Bonchev–Trinajstić information content (AvgIpc) is 2.93. The Morgan fingerprint density at radius 3 is 1.67 bits per heavy atom. The molecule has 0 bridgehead atoms. The van der Waals surface area contributed by atoms with Gasteiger partial charge in [0.1, 0.15) is 12.4 Å². The third-order valence-corrected chi connectivity index (χ3v) is 5.26. The average molecular weight is 336 g/mol. The van der Waals surface area contributed by atoms with E-state index in [2.05, 4.69) is 49.2 Å². The number of hydrogen-bond acceptors (Lipinski definition) is 0. The van der Waals surface area contributed by atoms with Gasteiger partial charge in [-0.25, -0.2) is 9.13 Å². The fourth-order valence-corrected chi connectivity index (χ4v) is 3.60. The molecule has 0 amide bonds. The lowest BCUT2D eigenvalue weighted by Crippen LogP contribution is -2.37. The van der Waals surface area contributed by atoms with Crippen LogP contribution in [0.3, 0.4) is 0 Å². The standard InChI is InChI=1S/C22H43N2/c1-5-6-7-8-9-10-11-12-13-14-15-16-17-18-23-19-20-24(21(2)3)22(23)4/h19-21H,5-18H2,1-4H3/q+1. The first kappa shape index (κ1) is 21.3. The first-order chi connectivity index (χ1) is 11.7. The summed E-state index contributed by atoms with van der Waals surface area (Å²) in [7, 11) is 0. The first-order valence-corrected chi connectivity index (χ1v) is 10.7. The Kier molecular flexibility index (Phi) is 12.0. The minimum Gasteiger partial charge on any atom is -0.234 e. The molecule has 2 nitrogen and oxygen atoms in total. The van der Waals surface area contributed by atoms with Crippen molar-refractivity contribution in [3.8, 4) is 0 Å². The summed E-state index contributed by atoms with van der Waals surface area (Å²) >= 11 is 0. The van der Waals surface area contributed by atoms with Crippen LogP contribution in [-0.4, -0.2) is 4.57 Å². The number of rotatable bonds is 15. The molecule has 0 saturated heterocycles. The molecule has 0 spiro atoms. The summed E-state index contributed by atoms with van der Waals surface area (Å²) in [5.41, 5.74) is 0. The molecule has 0 aliphatic carbocycles. The maximum absolute atomic E-state index is 2.42. The van der Waals surface area contributed by atoms with Crippen LogP contribution in [0.15, 0.2) is 12.4 Å². The second-order valence-electron chi connectivity index (χ2n) is 7.78. The van der Waals surface area contributed by atoms with Crippen molar-refractivity contribution < 1.29 is 4.57 Å². The molecule has 2 heteroatoms. The number of aryl methyl sites for hydroxylation is 1. The molecule has 0 aromatic carbocycles. The Balaban J connectivity index is 1.91. The fraction of sp³-hybridized carbons (Fsp3) is 0.864. The molecule has 0 fully saturated rings. The first-order valence-electron chi connectivity index (χ1n) is 10.7. The fourth-order valence-electron chi connectivity index (χ4n) is 3.60. The molecule has 140 valence electrons. The van der Waals surface area contributed by atoms with Crippen LogP contribution >= 0.6 is 0 Å². The van der Waals surface area contributed by atoms with Crippen molar-refractivity contribution in [3.63, 3.8) is 0 Å². The molecule has 1 rings (SSSR count). The Labute approximate surface area is 151 Å². The second kappa shape index (κ2) is 13.5. The molecular weight excluding hydrogens is 292 g/mol. The maximum Gasteiger partial charge on any atom is 0.253 e. The van der Waals surface area contributed by atoms with Crippen LogP contribution < -0.4 is 4.57 Å². The minimum atomic E-state index is 0.567. The van der Waals surface area contributed by atoms with E-state index >= 15 is 0 Å². The van der Waals surface area contributed by atoms with Crippen LogP contribution in [-0.2, 0) is 6.54 Å². The zero-order chi connectivity index (χ0) is 17.6. The summed E-state index contributed by atoms with van der Waals surface area (Å²) in [6, 6.07) is 0.567. The number of imidazole rings is 1. The van der Waals surface area contributed by atoms with Crippen molar-refractivity contribution >= 4 is 0 Å². The zero-order valence-electron chi connectivity index (χ0n) is 17.0. The van der Waals surface area contributed by atoms with E-state index in [-0.39, 0.29) is 0 Å². The minimum absolute atomic E-state index is 0.567. The largest absolute Gasteiger partial charge is 0.253 e. The predicted molar refractivity (Wildman–Crippen MR) is 105 cm³/mol. The Morgan fingerprint density at radius 2 is 1.25 bits per heavy atom. The smallest absolute Gasteiger partial charge is 0.234 e. The van der Waals surface area contributed by atoms with Gasteiger partial charge in [0.2, 0.25) is 0 Å². The van der Waals surface area contributed by atoms with Crippen LogP contribution in [0.5, 0.6) is 0 Å². The summed E-state index contributed by atoms with van der Waals surface area (Å²) in [5.74, 6) is 1.39. The lowest BCUT2D eigenvalue weighted by molar-refractivity contribution is -0.721. The zero-order valence-corrected chi connectivity index (χ0v) is 17.0. The highest BCUT2D eigenvalue weighted by Crippen LogP contribution is 2.13. The third kappa shape index (κ3) is 8.89. The molecule has 1 heterocycles. The van der Waals surface area contributed by atoms with E-state index < -0.39 is 0 Å². The van der Waals surface area contributed by atoms with Gasteiger partial charge < -0.3 is 0 Å². The highest BCUT2D eigenvalue weighted by molar-refractivity contribution is 4.80. The molecule has 0 saturated carbocycles. The maximum atomic E-state index is 2.42. The molecule has 0 aliphatic heterocycles. The van der Waals surface area contributed by atoms with Gasteiger partial charge in [-0.2, -0.15) is 0 Å². The van der Waals surface area contributed by atoms with Gasteiger partial charge in [0, 0.05) is 6.92 Å². The van der Waals surface area contributed by atoms with E-state index in [4.69, 9.17) is 0 Å². The number of unbranched alkanes of at least 4 members (excludes halogenated alkanes) is 12. The van der Waals surface area contributed by atoms with Crippen LogP contribution in [0, 0.1) is 6.92 Å². The summed E-state index contributed by atoms with van der Waals surface area (Å²) in [6.45, 7) is 10.2. The Morgan fingerprint density at radius 1 is 0.792 bits per heavy atom. The van der Waals surface area contributed by atoms with Crippen molar-refractivity contribution in [2.45, 2.75) is 124 Å². The van der Waals surface area contributed by atoms with E-state index in [0.717, 1.165) is 0 Å². The van der Waals surface area contributed by atoms with Gasteiger partial charge in [0.15, 0.2) is 0 Å². The Hall–Kier alpha value is -0.790. The van der Waals surface area contributed by atoms with E-state index in [1.807, 2.05) is 0 Å². The SMILES string of the molecule is CCCCCCCCCCCCCCCn1cc[n+](C(C)C)c1C. The van der Waals surface area contributed by atoms with E-state index in [9.17, 15) is 0 Å². The molecule has 0 radical (unpaired) electrons. The van der Waals surface area contributed by atoms with Gasteiger partial charge in [-0.1, -0.05) is 77.6 Å². The van der Waals surface area contributed by atoms with Crippen molar-refractivity contribution in [1.29, 1.82) is 0 Å². The van der Waals surface area contributed by atoms with E-state index in [1.165, 1.54) is 95.8 Å². The normalized spacial score (nSPS) is 11.5. The quantitative estimate of drug-likeness (QED) is 0.247. The van der Waals surface area contributed by atoms with Crippen LogP contribution in [0.25, 0.3) is 0 Å². The van der Waals surface area contributed by atoms with Gasteiger partial charge in [0.25, 0.3) is 5.82 Å².